The Labute approximate surface area is 160 Å². The first-order chi connectivity index (χ1) is 12.8. The van der Waals surface area contributed by atoms with Crippen molar-refractivity contribution in [3.05, 3.63) is 33.1 Å². The Hall–Kier alpha value is -1.26. The second-order valence-electron chi connectivity index (χ2n) is 7.73. The number of fused-ring (bicyclic) bond motifs is 1. The number of hydrogen-bond acceptors (Lipinski definition) is 6. The third-order valence-corrected chi connectivity index (χ3v) is 10.7. The molecule has 0 aliphatic carbocycles. The lowest BCUT2D eigenvalue weighted by Gasteiger charge is -2.39. The van der Waals surface area contributed by atoms with Gasteiger partial charge >= 0.3 is 14.3 Å². The number of hydrogen-bond donors (Lipinski definition) is 1. The molecule has 0 saturated carbocycles. The fourth-order valence-corrected chi connectivity index (χ4v) is 8.01. The van der Waals surface area contributed by atoms with Crippen LogP contribution in [0, 0.1) is 5.92 Å². The van der Waals surface area contributed by atoms with E-state index in [4.69, 9.17) is 18.6 Å². The van der Waals surface area contributed by atoms with E-state index in [9.17, 15) is 9.59 Å². The summed E-state index contributed by atoms with van der Waals surface area (Å²) in [6.07, 6.45) is 2.27. The molecular formula is C18H30N2O6Si. The molecule has 2 aliphatic heterocycles. The van der Waals surface area contributed by atoms with Gasteiger partial charge in [-0.15, -0.1) is 0 Å². The highest BCUT2D eigenvalue weighted by atomic mass is 28.4. The standard InChI is InChI=1S/C18H30N2O6Si/c1-6-11(3)27(12(4)7-2)25-16-13(5)17(24-14(16)10-23-26-27)20-9-8-15(21)19-18(20)22/h8-9,11-14,16-17H,6-7,10H2,1-5H3,(H,19,21,22)/t11?,12?,13-,14?,16-,17+,27?/m1/s1. The van der Waals surface area contributed by atoms with Crippen molar-refractivity contribution in [3.8, 4) is 0 Å². The molecule has 27 heavy (non-hydrogen) atoms. The highest BCUT2D eigenvalue weighted by Crippen LogP contribution is 2.46. The molecular weight excluding hydrogens is 368 g/mol. The van der Waals surface area contributed by atoms with Gasteiger partial charge in [-0.25, -0.2) is 9.68 Å². The summed E-state index contributed by atoms with van der Waals surface area (Å²) in [5.74, 6) is -0.0936. The van der Waals surface area contributed by atoms with Crippen molar-refractivity contribution in [2.75, 3.05) is 6.61 Å². The van der Waals surface area contributed by atoms with Gasteiger partial charge in [-0.3, -0.25) is 18.9 Å². The molecule has 0 aromatic carbocycles. The van der Waals surface area contributed by atoms with E-state index in [0.717, 1.165) is 12.8 Å². The van der Waals surface area contributed by atoms with Crippen LogP contribution in [-0.4, -0.2) is 36.9 Å². The van der Waals surface area contributed by atoms with Crippen molar-refractivity contribution in [1.29, 1.82) is 0 Å². The normalized spacial score (nSPS) is 36.0. The minimum atomic E-state index is -2.67. The van der Waals surface area contributed by atoms with Gasteiger partial charge in [-0.05, 0) is 0 Å². The Morgan fingerprint density at radius 3 is 2.52 bits per heavy atom. The summed E-state index contributed by atoms with van der Waals surface area (Å²) in [6, 6.07) is 1.32. The van der Waals surface area contributed by atoms with E-state index in [0.29, 0.717) is 0 Å². The molecule has 6 atom stereocenters. The minimum Gasteiger partial charge on any atom is -0.386 e. The Balaban J connectivity index is 1.93. The van der Waals surface area contributed by atoms with Crippen molar-refractivity contribution < 1.29 is 18.6 Å². The summed E-state index contributed by atoms with van der Waals surface area (Å²) in [5, 5.41) is 0. The molecule has 2 fully saturated rings. The van der Waals surface area contributed by atoms with E-state index >= 15 is 0 Å². The zero-order valence-corrected chi connectivity index (χ0v) is 17.6. The molecule has 9 heteroatoms. The number of H-pyrrole nitrogens is 1. The van der Waals surface area contributed by atoms with E-state index in [1.165, 1.54) is 16.8 Å². The quantitative estimate of drug-likeness (QED) is 0.605. The molecule has 0 amide bonds. The van der Waals surface area contributed by atoms with Crippen LogP contribution in [0.2, 0.25) is 11.1 Å². The van der Waals surface area contributed by atoms with Crippen LogP contribution in [0.3, 0.4) is 0 Å². The van der Waals surface area contributed by atoms with Gasteiger partial charge in [0.15, 0.2) is 0 Å². The first-order valence-electron chi connectivity index (χ1n) is 9.79. The topological polar surface area (TPSA) is 91.8 Å². The summed E-state index contributed by atoms with van der Waals surface area (Å²) in [7, 11) is -2.67. The fraction of sp³-hybridized carbons (Fsp3) is 0.778. The Morgan fingerprint density at radius 1 is 1.26 bits per heavy atom. The van der Waals surface area contributed by atoms with Gasteiger partial charge < -0.3 is 9.16 Å². The van der Waals surface area contributed by atoms with Crippen LogP contribution in [0.1, 0.15) is 53.7 Å². The van der Waals surface area contributed by atoms with Gasteiger partial charge in [0.25, 0.3) is 5.56 Å². The van der Waals surface area contributed by atoms with Gasteiger partial charge in [-0.2, -0.15) is 0 Å². The van der Waals surface area contributed by atoms with Crippen LogP contribution in [0.5, 0.6) is 0 Å². The molecule has 0 radical (unpaired) electrons. The largest absolute Gasteiger partial charge is 0.386 e. The monoisotopic (exact) mass is 398 g/mol. The van der Waals surface area contributed by atoms with E-state index in [1.54, 1.807) is 0 Å². The summed E-state index contributed by atoms with van der Waals surface area (Å²) in [6.45, 7) is 10.8. The maximum atomic E-state index is 12.2. The number of nitrogens with one attached hydrogen (secondary N) is 1. The maximum Gasteiger partial charge on any atom is 0.381 e. The van der Waals surface area contributed by atoms with Crippen LogP contribution < -0.4 is 11.2 Å². The first-order valence-corrected chi connectivity index (χ1v) is 11.8. The molecule has 1 aromatic rings. The van der Waals surface area contributed by atoms with E-state index in [1.807, 2.05) is 6.92 Å². The van der Waals surface area contributed by atoms with Gasteiger partial charge in [0.2, 0.25) is 0 Å². The fourth-order valence-electron chi connectivity index (χ4n) is 4.02. The maximum absolute atomic E-state index is 12.2. The molecule has 2 aliphatic rings. The number of nitrogens with zero attached hydrogens (tertiary/aromatic N) is 1. The molecule has 3 heterocycles. The summed E-state index contributed by atoms with van der Waals surface area (Å²) in [4.78, 5) is 31.5. The first kappa shape index (κ1) is 20.5. The van der Waals surface area contributed by atoms with Crippen molar-refractivity contribution in [2.45, 2.75) is 77.0 Å². The second kappa shape index (κ2) is 8.00. The number of aromatic nitrogens is 2. The molecule has 0 bridgehead atoms. The van der Waals surface area contributed by atoms with Gasteiger partial charge in [-0.1, -0.05) is 47.5 Å². The van der Waals surface area contributed by atoms with Crippen LogP contribution in [0.4, 0.5) is 0 Å². The predicted octanol–water partition coefficient (Wildman–Crippen LogP) is 2.46. The SMILES string of the molecule is CCC(C)[Si]1(C(C)CC)OOCC2O[C@H](n3ccc(=O)[nH]c3=O)[C@H](C)[C@H]2O1. The zero-order valence-electron chi connectivity index (χ0n) is 16.6. The Kier molecular flexibility index (Phi) is 6.07. The van der Waals surface area contributed by atoms with Gasteiger partial charge in [0, 0.05) is 29.3 Å². The molecule has 0 spiro atoms. The average molecular weight is 399 g/mol. The lowest BCUT2D eigenvalue weighted by molar-refractivity contribution is -0.242. The van der Waals surface area contributed by atoms with E-state index in [-0.39, 0.29) is 35.8 Å². The Bertz CT molecular complexity index is 755. The zero-order chi connectivity index (χ0) is 19.8. The lowest BCUT2D eigenvalue weighted by Crippen LogP contribution is -2.52. The molecule has 1 N–H and O–H groups in total. The minimum absolute atomic E-state index is 0.0936. The van der Waals surface area contributed by atoms with Crippen molar-refractivity contribution in [2.24, 2.45) is 5.92 Å². The molecule has 8 nitrogen and oxygen atoms in total. The van der Waals surface area contributed by atoms with Crippen LogP contribution >= 0.6 is 0 Å². The Morgan fingerprint density at radius 2 is 1.93 bits per heavy atom. The van der Waals surface area contributed by atoms with Crippen molar-refractivity contribution >= 4 is 8.56 Å². The number of rotatable bonds is 5. The predicted molar refractivity (Wildman–Crippen MR) is 101 cm³/mol. The van der Waals surface area contributed by atoms with E-state index < -0.39 is 26.0 Å². The summed E-state index contributed by atoms with van der Waals surface area (Å²) >= 11 is 0. The van der Waals surface area contributed by atoms with Gasteiger partial charge in [0.05, 0.1) is 6.10 Å². The van der Waals surface area contributed by atoms with Crippen LogP contribution in [-0.2, 0) is 18.6 Å². The van der Waals surface area contributed by atoms with Crippen LogP contribution in [0.25, 0.3) is 0 Å². The van der Waals surface area contributed by atoms with Crippen LogP contribution in [0.15, 0.2) is 21.9 Å². The lowest BCUT2D eigenvalue weighted by atomic mass is 10.0. The number of ether oxygens (including phenoxy) is 1. The number of aromatic amines is 1. The third-order valence-electron chi connectivity index (χ3n) is 6.11. The summed E-state index contributed by atoms with van der Waals surface area (Å²) < 4.78 is 20.3. The molecule has 1 aromatic heterocycles. The molecule has 3 unspecified atom stereocenters. The molecule has 3 rings (SSSR count). The van der Waals surface area contributed by atoms with E-state index in [2.05, 4.69) is 32.7 Å². The highest BCUT2D eigenvalue weighted by Gasteiger charge is 2.57. The van der Waals surface area contributed by atoms with Crippen molar-refractivity contribution in [1.82, 2.24) is 9.55 Å². The third kappa shape index (κ3) is 3.58. The second-order valence-corrected chi connectivity index (χ2v) is 11.5. The van der Waals surface area contributed by atoms with Crippen molar-refractivity contribution in [3.63, 3.8) is 0 Å². The average Bonchev–Trinajstić information content (AvgIpc) is 2.83. The highest BCUT2D eigenvalue weighted by molar-refractivity contribution is 6.70. The van der Waals surface area contributed by atoms with Gasteiger partial charge in [0.1, 0.15) is 18.9 Å². The smallest absolute Gasteiger partial charge is 0.381 e. The summed E-state index contributed by atoms with van der Waals surface area (Å²) in [5.41, 5.74) is -0.397. The molecule has 152 valence electrons. The molecule has 2 saturated heterocycles.